The third kappa shape index (κ3) is 4.52. The van der Waals surface area contributed by atoms with Crippen LogP contribution < -0.4 is 5.32 Å². The van der Waals surface area contributed by atoms with Gasteiger partial charge in [0.25, 0.3) is 0 Å². The van der Waals surface area contributed by atoms with E-state index in [2.05, 4.69) is 28.2 Å². The fourth-order valence-electron chi connectivity index (χ4n) is 2.33. The fraction of sp³-hybridized carbons (Fsp3) is 0.600. The zero-order valence-electron chi connectivity index (χ0n) is 11.7. The smallest absolute Gasteiger partial charge is 0.127 e. The van der Waals surface area contributed by atoms with Crippen molar-refractivity contribution in [2.24, 2.45) is 0 Å². The van der Waals surface area contributed by atoms with Gasteiger partial charge in [-0.2, -0.15) is 0 Å². The molecular formula is C15H21BrFNO2. The summed E-state index contributed by atoms with van der Waals surface area (Å²) in [4.78, 5) is 0. The molecule has 0 bridgehead atoms. The van der Waals surface area contributed by atoms with Crippen molar-refractivity contribution in [1.29, 1.82) is 0 Å². The molecule has 2 rings (SSSR count). The van der Waals surface area contributed by atoms with E-state index in [1.807, 2.05) is 12.1 Å². The van der Waals surface area contributed by atoms with Crippen LogP contribution in [0.3, 0.4) is 0 Å². The van der Waals surface area contributed by atoms with Crippen molar-refractivity contribution in [1.82, 2.24) is 5.32 Å². The lowest BCUT2D eigenvalue weighted by Gasteiger charge is -2.31. The lowest BCUT2D eigenvalue weighted by atomic mass is 10.0. The second-order valence-electron chi connectivity index (χ2n) is 4.98. The minimum absolute atomic E-state index is 0.0154. The standard InChI is InChI=1S/C15H21BrFNO2/c1-2-5-18-14(15-10-19-6-7-20-15)8-11-3-4-12(16)9-13(11)17/h3-4,9,14-15,18H,2,5-8,10H2,1H3. The van der Waals surface area contributed by atoms with Crippen LogP contribution in [0.25, 0.3) is 0 Å². The third-order valence-corrected chi connectivity index (χ3v) is 3.90. The van der Waals surface area contributed by atoms with Crippen LogP contribution in [0.4, 0.5) is 4.39 Å². The van der Waals surface area contributed by atoms with Gasteiger partial charge in [-0.1, -0.05) is 28.9 Å². The molecule has 0 aromatic heterocycles. The summed E-state index contributed by atoms with van der Waals surface area (Å²) in [6, 6.07) is 5.27. The van der Waals surface area contributed by atoms with Crippen molar-refractivity contribution < 1.29 is 13.9 Å². The highest BCUT2D eigenvalue weighted by molar-refractivity contribution is 9.10. The highest BCUT2D eigenvalue weighted by Crippen LogP contribution is 2.19. The second kappa shape index (κ2) is 8.08. The zero-order valence-corrected chi connectivity index (χ0v) is 13.3. The van der Waals surface area contributed by atoms with Crippen molar-refractivity contribution in [3.63, 3.8) is 0 Å². The second-order valence-corrected chi connectivity index (χ2v) is 5.90. The molecule has 3 nitrogen and oxygen atoms in total. The summed E-state index contributed by atoms with van der Waals surface area (Å²) >= 11 is 3.28. The van der Waals surface area contributed by atoms with Crippen LogP contribution in [-0.2, 0) is 15.9 Å². The molecule has 5 heteroatoms. The monoisotopic (exact) mass is 345 g/mol. The lowest BCUT2D eigenvalue weighted by Crippen LogP contribution is -2.48. The van der Waals surface area contributed by atoms with Crippen molar-refractivity contribution in [2.45, 2.75) is 31.9 Å². The van der Waals surface area contributed by atoms with Crippen LogP contribution in [0.1, 0.15) is 18.9 Å². The lowest BCUT2D eigenvalue weighted by molar-refractivity contribution is -0.101. The summed E-state index contributed by atoms with van der Waals surface area (Å²) < 4.78 is 25.9. The molecule has 0 amide bonds. The SMILES string of the molecule is CCCNC(Cc1ccc(Br)cc1F)C1COCCO1. The van der Waals surface area contributed by atoms with Gasteiger partial charge in [-0.25, -0.2) is 4.39 Å². The summed E-state index contributed by atoms with van der Waals surface area (Å²) in [6.07, 6.45) is 1.62. The topological polar surface area (TPSA) is 30.5 Å². The number of hydrogen-bond acceptors (Lipinski definition) is 3. The molecular weight excluding hydrogens is 325 g/mol. The summed E-state index contributed by atoms with van der Waals surface area (Å²) in [5.74, 6) is -0.181. The number of nitrogens with one attached hydrogen (secondary N) is 1. The maximum atomic E-state index is 14.0. The average molecular weight is 346 g/mol. The van der Waals surface area contributed by atoms with E-state index >= 15 is 0 Å². The van der Waals surface area contributed by atoms with E-state index in [0.717, 1.165) is 17.4 Å². The first-order chi connectivity index (χ1) is 9.70. The van der Waals surface area contributed by atoms with Gasteiger partial charge in [0.1, 0.15) is 5.82 Å². The number of halogens is 2. The molecule has 0 saturated carbocycles. The van der Waals surface area contributed by atoms with Crippen molar-refractivity contribution in [3.8, 4) is 0 Å². The number of hydrogen-bond donors (Lipinski definition) is 1. The minimum atomic E-state index is -0.181. The first kappa shape index (κ1) is 15.9. The Morgan fingerprint density at radius 1 is 1.45 bits per heavy atom. The number of rotatable bonds is 6. The quantitative estimate of drug-likeness (QED) is 0.859. The van der Waals surface area contributed by atoms with Crippen LogP contribution in [0, 0.1) is 5.82 Å². The van der Waals surface area contributed by atoms with Gasteiger partial charge in [-0.3, -0.25) is 0 Å². The molecule has 1 aliphatic heterocycles. The maximum Gasteiger partial charge on any atom is 0.127 e. The number of benzene rings is 1. The molecule has 20 heavy (non-hydrogen) atoms. The summed E-state index contributed by atoms with van der Waals surface area (Å²) in [5.41, 5.74) is 0.705. The Morgan fingerprint density at radius 2 is 2.30 bits per heavy atom. The molecule has 0 spiro atoms. The van der Waals surface area contributed by atoms with Gasteiger partial charge >= 0.3 is 0 Å². The van der Waals surface area contributed by atoms with Gasteiger partial charge in [0.2, 0.25) is 0 Å². The van der Waals surface area contributed by atoms with Gasteiger partial charge in [0.05, 0.1) is 25.9 Å². The zero-order chi connectivity index (χ0) is 14.4. The van der Waals surface area contributed by atoms with Crippen LogP contribution in [0.2, 0.25) is 0 Å². The predicted octanol–water partition coefficient (Wildman–Crippen LogP) is 2.91. The highest BCUT2D eigenvalue weighted by atomic mass is 79.9. The molecule has 1 N–H and O–H groups in total. The molecule has 112 valence electrons. The van der Waals surface area contributed by atoms with E-state index in [9.17, 15) is 4.39 Å². The Balaban J connectivity index is 2.05. The largest absolute Gasteiger partial charge is 0.376 e. The fourth-order valence-corrected chi connectivity index (χ4v) is 2.66. The van der Waals surface area contributed by atoms with Gasteiger partial charge in [0, 0.05) is 10.5 Å². The van der Waals surface area contributed by atoms with E-state index in [1.54, 1.807) is 0 Å². The molecule has 2 atom stereocenters. The van der Waals surface area contributed by atoms with E-state index in [0.29, 0.717) is 31.8 Å². The maximum absolute atomic E-state index is 14.0. The normalized spacial score (nSPS) is 20.9. The minimum Gasteiger partial charge on any atom is -0.376 e. The Hall–Kier alpha value is -0.490. The van der Waals surface area contributed by atoms with Crippen molar-refractivity contribution in [3.05, 3.63) is 34.1 Å². The van der Waals surface area contributed by atoms with Crippen LogP contribution in [0.5, 0.6) is 0 Å². The highest BCUT2D eigenvalue weighted by Gasteiger charge is 2.25. The van der Waals surface area contributed by atoms with Gasteiger partial charge in [0.15, 0.2) is 0 Å². The third-order valence-electron chi connectivity index (χ3n) is 3.40. The first-order valence-electron chi connectivity index (χ1n) is 7.07. The molecule has 1 aromatic carbocycles. The molecule has 0 radical (unpaired) electrons. The molecule has 1 heterocycles. The van der Waals surface area contributed by atoms with Gasteiger partial charge < -0.3 is 14.8 Å². The molecule has 2 unspecified atom stereocenters. The van der Waals surface area contributed by atoms with Gasteiger partial charge in [-0.05, 0) is 37.1 Å². The summed E-state index contributed by atoms with van der Waals surface area (Å²) in [7, 11) is 0. The molecule has 1 saturated heterocycles. The average Bonchev–Trinajstić information content (AvgIpc) is 2.46. The molecule has 1 aliphatic rings. The van der Waals surface area contributed by atoms with E-state index in [1.165, 1.54) is 6.07 Å². The van der Waals surface area contributed by atoms with Crippen LogP contribution in [-0.4, -0.2) is 38.5 Å². The number of ether oxygens (including phenoxy) is 2. The summed E-state index contributed by atoms with van der Waals surface area (Å²) in [5, 5.41) is 3.45. The molecule has 0 aliphatic carbocycles. The Labute approximate surface area is 128 Å². The first-order valence-corrected chi connectivity index (χ1v) is 7.86. The van der Waals surface area contributed by atoms with E-state index in [-0.39, 0.29) is 18.0 Å². The van der Waals surface area contributed by atoms with Gasteiger partial charge in [-0.15, -0.1) is 0 Å². The molecule has 1 fully saturated rings. The van der Waals surface area contributed by atoms with Crippen LogP contribution in [0.15, 0.2) is 22.7 Å². The van der Waals surface area contributed by atoms with Crippen molar-refractivity contribution in [2.75, 3.05) is 26.4 Å². The van der Waals surface area contributed by atoms with E-state index in [4.69, 9.17) is 9.47 Å². The van der Waals surface area contributed by atoms with E-state index < -0.39 is 0 Å². The Kier molecular flexibility index (Phi) is 6.42. The Morgan fingerprint density at radius 3 is 2.95 bits per heavy atom. The molecule has 1 aromatic rings. The summed E-state index contributed by atoms with van der Waals surface area (Å²) in [6.45, 7) is 4.83. The predicted molar refractivity (Wildman–Crippen MR) is 80.4 cm³/mol. The Bertz CT molecular complexity index is 424. The van der Waals surface area contributed by atoms with Crippen LogP contribution >= 0.6 is 15.9 Å². The van der Waals surface area contributed by atoms with Crippen molar-refractivity contribution >= 4 is 15.9 Å².